The first-order chi connectivity index (χ1) is 28.3. The Morgan fingerprint density at radius 3 is 1.18 bits per heavy atom. The quantitative estimate of drug-likeness (QED) is 0.159. The molecule has 0 N–H and O–H groups in total. The lowest BCUT2D eigenvalue weighted by molar-refractivity contribution is 0.668. The summed E-state index contributed by atoms with van der Waals surface area (Å²) in [6.45, 7) is 0. The summed E-state index contributed by atoms with van der Waals surface area (Å²) in [5.41, 5.74) is 11.1. The van der Waals surface area contributed by atoms with Gasteiger partial charge in [0.2, 0.25) is 0 Å². The minimum atomic E-state index is 0.793. The zero-order chi connectivity index (χ0) is 37.5. The second-order valence-electron chi connectivity index (χ2n) is 14.4. The van der Waals surface area contributed by atoms with Gasteiger partial charge in [0.05, 0.1) is 16.8 Å². The fourth-order valence-corrected chi connectivity index (χ4v) is 8.73. The first-order valence-corrected chi connectivity index (χ1v) is 19.2. The van der Waals surface area contributed by atoms with E-state index < -0.39 is 0 Å². The number of anilines is 6. The zero-order valence-corrected chi connectivity index (χ0v) is 30.6. The average molecular weight is 733 g/mol. The minimum Gasteiger partial charge on any atom is -0.456 e. The van der Waals surface area contributed by atoms with Gasteiger partial charge in [-0.05, 0) is 78.9 Å². The smallest absolute Gasteiger partial charge is 0.162 e. The standard InChI is InChI=1S/C52H32N2O3/c1-3-15-33(16-4-1)53(35-27-29-47-42(31-35)37-19-9-12-24-44(37)55-47)50-39-21-7-8-22-40(39)51(52-49(50)41-23-11-14-26-46(41)57-52)54(34-17-5-2-6-18-34)36-28-30-48-43(32-36)38-20-10-13-25-45(38)56-48/h1-32H. The van der Waals surface area contributed by atoms with Crippen LogP contribution in [0.25, 0.3) is 76.6 Å². The lowest BCUT2D eigenvalue weighted by Crippen LogP contribution is -2.14. The zero-order valence-electron chi connectivity index (χ0n) is 30.6. The highest BCUT2D eigenvalue weighted by atomic mass is 16.3. The van der Waals surface area contributed by atoms with Crippen molar-refractivity contribution in [2.75, 3.05) is 9.80 Å². The van der Waals surface area contributed by atoms with Crippen LogP contribution in [0.5, 0.6) is 0 Å². The van der Waals surface area contributed by atoms with Crippen LogP contribution in [-0.4, -0.2) is 0 Å². The van der Waals surface area contributed by atoms with E-state index in [0.29, 0.717) is 0 Å². The van der Waals surface area contributed by atoms with Crippen LogP contribution in [0.3, 0.4) is 0 Å². The second-order valence-corrected chi connectivity index (χ2v) is 14.4. The molecule has 0 fully saturated rings. The summed E-state index contributed by atoms with van der Waals surface area (Å²) in [5.74, 6) is 0. The fourth-order valence-electron chi connectivity index (χ4n) is 8.73. The monoisotopic (exact) mass is 732 g/mol. The summed E-state index contributed by atoms with van der Waals surface area (Å²) in [7, 11) is 0. The molecule has 12 rings (SSSR count). The van der Waals surface area contributed by atoms with Crippen molar-refractivity contribution in [2.24, 2.45) is 0 Å². The summed E-state index contributed by atoms with van der Waals surface area (Å²) in [5, 5.41) is 8.49. The molecule has 3 aromatic heterocycles. The summed E-state index contributed by atoms with van der Waals surface area (Å²) in [4.78, 5) is 4.72. The number of hydrogen-bond acceptors (Lipinski definition) is 5. The molecule has 5 nitrogen and oxygen atoms in total. The van der Waals surface area contributed by atoms with E-state index in [-0.39, 0.29) is 0 Å². The number of hydrogen-bond donors (Lipinski definition) is 0. The molecule has 0 aliphatic carbocycles. The van der Waals surface area contributed by atoms with Crippen LogP contribution in [0.2, 0.25) is 0 Å². The van der Waals surface area contributed by atoms with Crippen LogP contribution in [0.4, 0.5) is 34.1 Å². The molecule has 0 aliphatic rings. The van der Waals surface area contributed by atoms with Gasteiger partial charge in [-0.25, -0.2) is 0 Å². The van der Waals surface area contributed by atoms with E-state index in [2.05, 4.69) is 174 Å². The molecular formula is C52H32N2O3. The molecule has 12 aromatic rings. The summed E-state index contributed by atoms with van der Waals surface area (Å²) >= 11 is 0. The Kier molecular flexibility index (Phi) is 6.86. The molecule has 57 heavy (non-hydrogen) atoms. The highest BCUT2D eigenvalue weighted by Gasteiger charge is 2.29. The molecule has 0 unspecified atom stereocenters. The molecular weight excluding hydrogens is 701 g/mol. The number of benzene rings is 9. The molecule has 0 atom stereocenters. The number of fused-ring (bicyclic) bond motifs is 10. The van der Waals surface area contributed by atoms with Gasteiger partial charge in [-0.2, -0.15) is 0 Å². The third-order valence-corrected chi connectivity index (χ3v) is 11.2. The highest BCUT2D eigenvalue weighted by molar-refractivity contribution is 6.28. The van der Waals surface area contributed by atoms with Gasteiger partial charge < -0.3 is 23.1 Å². The Morgan fingerprint density at radius 1 is 0.263 bits per heavy atom. The van der Waals surface area contributed by atoms with Crippen LogP contribution < -0.4 is 9.80 Å². The number of furan rings is 3. The van der Waals surface area contributed by atoms with Crippen molar-refractivity contribution in [1.82, 2.24) is 0 Å². The molecule has 0 bridgehead atoms. The first-order valence-electron chi connectivity index (χ1n) is 19.2. The van der Waals surface area contributed by atoms with E-state index in [1.54, 1.807) is 0 Å². The Hall–Kier alpha value is -7.76. The van der Waals surface area contributed by atoms with Gasteiger partial charge in [-0.15, -0.1) is 0 Å². The van der Waals surface area contributed by atoms with Gasteiger partial charge in [0.25, 0.3) is 0 Å². The molecule has 3 heterocycles. The maximum absolute atomic E-state index is 7.13. The number of rotatable bonds is 6. The van der Waals surface area contributed by atoms with Crippen LogP contribution in [0, 0.1) is 0 Å². The topological polar surface area (TPSA) is 45.9 Å². The van der Waals surface area contributed by atoms with Crippen LogP contribution in [-0.2, 0) is 0 Å². The number of nitrogens with zero attached hydrogens (tertiary/aromatic N) is 2. The summed E-state index contributed by atoms with van der Waals surface area (Å²) in [6, 6.07) is 67.8. The van der Waals surface area contributed by atoms with Gasteiger partial charge in [0, 0.05) is 60.5 Å². The van der Waals surface area contributed by atoms with Crippen molar-refractivity contribution in [3.8, 4) is 0 Å². The molecule has 5 heteroatoms. The number of para-hydroxylation sites is 5. The minimum absolute atomic E-state index is 0.793. The van der Waals surface area contributed by atoms with Crippen LogP contribution in [0.1, 0.15) is 0 Å². The lowest BCUT2D eigenvalue weighted by Gasteiger charge is -2.31. The molecule has 0 radical (unpaired) electrons. The summed E-state index contributed by atoms with van der Waals surface area (Å²) < 4.78 is 19.7. The Morgan fingerprint density at radius 2 is 0.649 bits per heavy atom. The normalized spacial score (nSPS) is 11.9. The largest absolute Gasteiger partial charge is 0.456 e. The molecule has 268 valence electrons. The molecule has 9 aromatic carbocycles. The van der Waals surface area contributed by atoms with Crippen molar-refractivity contribution >= 4 is 111 Å². The Bertz CT molecular complexity index is 3490. The maximum atomic E-state index is 7.13. The average Bonchev–Trinajstić information content (AvgIpc) is 3.96. The van der Waals surface area contributed by atoms with E-state index in [4.69, 9.17) is 13.3 Å². The van der Waals surface area contributed by atoms with E-state index in [0.717, 1.165) is 111 Å². The third kappa shape index (κ3) is 4.82. The van der Waals surface area contributed by atoms with Crippen molar-refractivity contribution in [1.29, 1.82) is 0 Å². The van der Waals surface area contributed by atoms with E-state index in [1.165, 1.54) is 0 Å². The fraction of sp³-hybridized carbons (Fsp3) is 0. The van der Waals surface area contributed by atoms with Crippen LogP contribution >= 0.6 is 0 Å². The van der Waals surface area contributed by atoms with Crippen molar-refractivity contribution in [3.05, 3.63) is 194 Å². The molecule has 0 saturated heterocycles. The van der Waals surface area contributed by atoms with Gasteiger partial charge in [0.1, 0.15) is 27.9 Å². The van der Waals surface area contributed by atoms with Crippen LogP contribution in [0.15, 0.2) is 207 Å². The van der Waals surface area contributed by atoms with Gasteiger partial charge in [0.15, 0.2) is 5.58 Å². The predicted molar refractivity (Wildman–Crippen MR) is 235 cm³/mol. The maximum Gasteiger partial charge on any atom is 0.162 e. The van der Waals surface area contributed by atoms with Crippen molar-refractivity contribution in [3.63, 3.8) is 0 Å². The first kappa shape index (κ1) is 31.6. The third-order valence-electron chi connectivity index (χ3n) is 11.2. The molecule has 0 aliphatic heterocycles. The van der Waals surface area contributed by atoms with Crippen molar-refractivity contribution < 1.29 is 13.3 Å². The Balaban J connectivity index is 1.21. The van der Waals surface area contributed by atoms with Crippen molar-refractivity contribution in [2.45, 2.75) is 0 Å². The van der Waals surface area contributed by atoms with Gasteiger partial charge in [-0.3, -0.25) is 0 Å². The molecule has 0 saturated carbocycles. The predicted octanol–water partition coefficient (Wildman–Crippen LogP) is 15.5. The highest BCUT2D eigenvalue weighted by Crippen LogP contribution is 2.54. The Labute approximate surface area is 326 Å². The second kappa shape index (κ2) is 12.4. The van der Waals surface area contributed by atoms with E-state index in [9.17, 15) is 0 Å². The van der Waals surface area contributed by atoms with E-state index >= 15 is 0 Å². The molecule has 0 amide bonds. The van der Waals surface area contributed by atoms with Gasteiger partial charge >= 0.3 is 0 Å². The SMILES string of the molecule is c1ccc(N(c2ccc3oc4ccccc4c3c2)c2c3ccccc3c(N(c3ccccc3)c3ccc4oc5ccccc5c4c3)c3c2oc2ccccc23)cc1. The van der Waals surface area contributed by atoms with Gasteiger partial charge in [-0.1, -0.05) is 115 Å². The summed E-state index contributed by atoms with van der Waals surface area (Å²) in [6.07, 6.45) is 0. The lowest BCUT2D eigenvalue weighted by atomic mass is 9.97. The van der Waals surface area contributed by atoms with E-state index in [1.807, 2.05) is 30.3 Å². The molecule has 0 spiro atoms.